The van der Waals surface area contributed by atoms with Crippen LogP contribution in [0.25, 0.3) is 0 Å². The first-order valence-corrected chi connectivity index (χ1v) is 5.53. The molecule has 0 aliphatic carbocycles. The van der Waals surface area contributed by atoms with E-state index in [1.54, 1.807) is 0 Å². The second-order valence-corrected chi connectivity index (χ2v) is 4.15. The minimum absolute atomic E-state index is 0.337. The summed E-state index contributed by atoms with van der Waals surface area (Å²) in [4.78, 5) is 10.6. The molecule has 1 aliphatic rings. The third-order valence-electron chi connectivity index (χ3n) is 2.49. The van der Waals surface area contributed by atoms with E-state index in [0.29, 0.717) is 19.6 Å². The van der Waals surface area contributed by atoms with Crippen LogP contribution < -0.4 is 0 Å². The van der Waals surface area contributed by atoms with Gasteiger partial charge in [-0.15, -0.1) is 0 Å². The average Bonchev–Trinajstić information content (AvgIpc) is 2.19. The summed E-state index contributed by atoms with van der Waals surface area (Å²) in [5.41, 5.74) is 1.28. The number of aldehydes is 1. The molecule has 0 N–H and O–H groups in total. The van der Waals surface area contributed by atoms with Crippen molar-refractivity contribution in [1.29, 1.82) is 0 Å². The molecule has 86 valence electrons. The lowest BCUT2D eigenvalue weighted by Crippen LogP contribution is -2.40. The summed E-state index contributed by atoms with van der Waals surface area (Å²) in [5.74, 6) is -0.647. The molecule has 3 heteroatoms. The number of hydrogen-bond acceptors (Lipinski definition) is 3. The van der Waals surface area contributed by atoms with Gasteiger partial charge >= 0.3 is 0 Å². The molecule has 0 bridgehead atoms. The van der Waals surface area contributed by atoms with Gasteiger partial charge in [-0.1, -0.05) is 11.6 Å². The summed E-state index contributed by atoms with van der Waals surface area (Å²) in [7, 11) is 0. The quantitative estimate of drug-likeness (QED) is 0.518. The Bertz CT molecular complexity index is 223. The Morgan fingerprint density at radius 2 is 2.00 bits per heavy atom. The number of allylic oxidation sites excluding steroid dienone is 2. The van der Waals surface area contributed by atoms with Gasteiger partial charge in [0, 0.05) is 6.42 Å². The standard InChI is InChI=1S/C12H20O3/c1-11(2)5-3-6-12(7-8-13)14-9-4-10-15-12/h5,8H,3-4,6-7,9-10H2,1-2H3. The molecule has 3 nitrogen and oxygen atoms in total. The summed E-state index contributed by atoms with van der Waals surface area (Å²) >= 11 is 0. The molecular formula is C12H20O3. The Balaban J connectivity index is 2.48. The fourth-order valence-electron chi connectivity index (χ4n) is 1.69. The average molecular weight is 212 g/mol. The van der Waals surface area contributed by atoms with E-state index < -0.39 is 5.79 Å². The molecule has 0 atom stereocenters. The predicted molar refractivity (Wildman–Crippen MR) is 58.6 cm³/mol. The predicted octanol–water partition coefficient (Wildman–Crippen LogP) is 2.46. The van der Waals surface area contributed by atoms with Crippen molar-refractivity contribution < 1.29 is 14.3 Å². The van der Waals surface area contributed by atoms with Crippen LogP contribution in [0.1, 0.15) is 39.5 Å². The molecule has 1 heterocycles. The molecule has 1 aliphatic heterocycles. The molecule has 0 saturated carbocycles. The molecule has 0 spiro atoms. The molecule has 1 rings (SSSR count). The van der Waals surface area contributed by atoms with E-state index in [-0.39, 0.29) is 0 Å². The van der Waals surface area contributed by atoms with Crippen molar-refractivity contribution >= 4 is 6.29 Å². The van der Waals surface area contributed by atoms with Crippen LogP contribution in [0.2, 0.25) is 0 Å². The van der Waals surface area contributed by atoms with Crippen molar-refractivity contribution in [2.75, 3.05) is 13.2 Å². The lowest BCUT2D eigenvalue weighted by molar-refractivity contribution is -0.268. The zero-order chi connectivity index (χ0) is 11.1. The van der Waals surface area contributed by atoms with Crippen molar-refractivity contribution in [1.82, 2.24) is 0 Å². The van der Waals surface area contributed by atoms with Crippen molar-refractivity contribution in [3.05, 3.63) is 11.6 Å². The fourth-order valence-corrected chi connectivity index (χ4v) is 1.69. The van der Waals surface area contributed by atoms with Gasteiger partial charge in [0.15, 0.2) is 5.79 Å². The Kier molecular flexibility index (Phi) is 4.99. The van der Waals surface area contributed by atoms with Gasteiger partial charge in [-0.05, 0) is 26.7 Å². The lowest BCUT2D eigenvalue weighted by Gasteiger charge is -2.35. The monoisotopic (exact) mass is 212 g/mol. The van der Waals surface area contributed by atoms with Crippen LogP contribution in [0.15, 0.2) is 11.6 Å². The summed E-state index contributed by atoms with van der Waals surface area (Å²) in [6.07, 6.45) is 5.95. The maximum atomic E-state index is 10.6. The van der Waals surface area contributed by atoms with E-state index >= 15 is 0 Å². The van der Waals surface area contributed by atoms with Gasteiger partial charge in [0.2, 0.25) is 0 Å². The normalized spacial score (nSPS) is 19.6. The van der Waals surface area contributed by atoms with Crippen molar-refractivity contribution in [2.24, 2.45) is 0 Å². The van der Waals surface area contributed by atoms with Crippen molar-refractivity contribution in [3.63, 3.8) is 0 Å². The van der Waals surface area contributed by atoms with Crippen LogP contribution in [0.5, 0.6) is 0 Å². The molecular weight excluding hydrogens is 192 g/mol. The van der Waals surface area contributed by atoms with Gasteiger partial charge in [0.05, 0.1) is 19.6 Å². The Morgan fingerprint density at radius 3 is 2.53 bits per heavy atom. The van der Waals surface area contributed by atoms with Crippen LogP contribution in [0.4, 0.5) is 0 Å². The summed E-state index contributed by atoms with van der Waals surface area (Å²) in [6, 6.07) is 0. The lowest BCUT2D eigenvalue weighted by atomic mass is 10.0. The van der Waals surface area contributed by atoms with Gasteiger partial charge in [-0.25, -0.2) is 0 Å². The minimum Gasteiger partial charge on any atom is -0.349 e. The van der Waals surface area contributed by atoms with Gasteiger partial charge in [-0.3, -0.25) is 0 Å². The first kappa shape index (κ1) is 12.4. The molecule has 0 radical (unpaired) electrons. The van der Waals surface area contributed by atoms with Crippen molar-refractivity contribution in [2.45, 2.75) is 45.3 Å². The van der Waals surface area contributed by atoms with Gasteiger partial charge in [0.25, 0.3) is 0 Å². The molecule has 0 aromatic heterocycles. The third-order valence-corrected chi connectivity index (χ3v) is 2.49. The molecule has 0 amide bonds. The number of carbonyl (C=O) groups excluding carboxylic acids is 1. The zero-order valence-corrected chi connectivity index (χ0v) is 9.62. The molecule has 1 fully saturated rings. The van der Waals surface area contributed by atoms with Crippen LogP contribution in [0.3, 0.4) is 0 Å². The third kappa shape index (κ3) is 4.14. The maximum Gasteiger partial charge on any atom is 0.175 e. The molecule has 0 unspecified atom stereocenters. The number of rotatable bonds is 5. The van der Waals surface area contributed by atoms with E-state index in [1.807, 2.05) is 0 Å². The Hall–Kier alpha value is -0.670. The SMILES string of the molecule is CC(C)=CCCC1(CC=O)OCCCO1. The van der Waals surface area contributed by atoms with E-state index in [9.17, 15) is 4.79 Å². The smallest absolute Gasteiger partial charge is 0.175 e. The molecule has 1 saturated heterocycles. The van der Waals surface area contributed by atoms with Crippen LogP contribution in [-0.2, 0) is 14.3 Å². The summed E-state index contributed by atoms with van der Waals surface area (Å²) < 4.78 is 11.2. The number of hydrogen-bond donors (Lipinski definition) is 0. The minimum atomic E-state index is -0.647. The molecule has 0 aromatic carbocycles. The largest absolute Gasteiger partial charge is 0.349 e. The maximum absolute atomic E-state index is 10.6. The van der Waals surface area contributed by atoms with E-state index in [4.69, 9.17) is 9.47 Å². The molecule has 15 heavy (non-hydrogen) atoms. The van der Waals surface area contributed by atoms with E-state index in [0.717, 1.165) is 25.5 Å². The van der Waals surface area contributed by atoms with Crippen molar-refractivity contribution in [3.8, 4) is 0 Å². The first-order chi connectivity index (χ1) is 7.18. The Labute approximate surface area is 91.4 Å². The second kappa shape index (κ2) is 6.03. The highest BCUT2D eigenvalue weighted by Gasteiger charge is 2.33. The highest BCUT2D eigenvalue weighted by Crippen LogP contribution is 2.27. The Morgan fingerprint density at radius 1 is 1.33 bits per heavy atom. The first-order valence-electron chi connectivity index (χ1n) is 5.53. The number of carbonyl (C=O) groups is 1. The van der Waals surface area contributed by atoms with Crippen LogP contribution in [0, 0.1) is 0 Å². The highest BCUT2D eigenvalue weighted by atomic mass is 16.7. The topological polar surface area (TPSA) is 35.5 Å². The fraction of sp³-hybridized carbons (Fsp3) is 0.750. The summed E-state index contributed by atoms with van der Waals surface area (Å²) in [5, 5.41) is 0. The van der Waals surface area contributed by atoms with E-state index in [2.05, 4.69) is 19.9 Å². The van der Waals surface area contributed by atoms with Gasteiger partial charge < -0.3 is 14.3 Å². The van der Waals surface area contributed by atoms with Crippen LogP contribution in [-0.4, -0.2) is 25.3 Å². The number of ether oxygens (including phenoxy) is 2. The van der Waals surface area contributed by atoms with Gasteiger partial charge in [-0.2, -0.15) is 0 Å². The van der Waals surface area contributed by atoms with E-state index in [1.165, 1.54) is 5.57 Å². The summed E-state index contributed by atoms with van der Waals surface area (Å²) in [6.45, 7) is 5.52. The van der Waals surface area contributed by atoms with Crippen LogP contribution >= 0.6 is 0 Å². The van der Waals surface area contributed by atoms with Gasteiger partial charge in [0.1, 0.15) is 6.29 Å². The highest BCUT2D eigenvalue weighted by molar-refractivity contribution is 5.50. The second-order valence-electron chi connectivity index (χ2n) is 4.15. The zero-order valence-electron chi connectivity index (χ0n) is 9.62. The molecule has 0 aromatic rings.